The fourth-order valence-corrected chi connectivity index (χ4v) is 5.81. The predicted molar refractivity (Wildman–Crippen MR) is 93.5 cm³/mol. The molecule has 0 aromatic carbocycles. The molecule has 4 fully saturated rings. The summed E-state index contributed by atoms with van der Waals surface area (Å²) in [7, 11) is 0. The first-order valence-electron chi connectivity index (χ1n) is 9.57. The molecule has 4 aliphatic rings. The van der Waals surface area contributed by atoms with Crippen LogP contribution in [0.2, 0.25) is 0 Å². The number of nitrogens with zero attached hydrogens (tertiary/aromatic N) is 2. The molecule has 5 rings (SSSR count). The Hall–Kier alpha value is -1.85. The molecule has 2 amide bonds. The lowest BCUT2D eigenvalue weighted by atomic mass is 9.53. The third-order valence-corrected chi connectivity index (χ3v) is 6.19. The van der Waals surface area contributed by atoms with E-state index < -0.39 is 0 Å². The number of rotatable bonds is 6. The van der Waals surface area contributed by atoms with Crippen LogP contribution in [0.25, 0.3) is 0 Å². The Kier molecular flexibility index (Phi) is 4.29. The van der Waals surface area contributed by atoms with Gasteiger partial charge in [0.15, 0.2) is 0 Å². The van der Waals surface area contributed by atoms with Crippen molar-refractivity contribution in [3.63, 3.8) is 0 Å². The molecule has 136 valence electrons. The number of aromatic nitrogens is 2. The number of hydrogen-bond donors (Lipinski definition) is 2. The fourth-order valence-electron chi connectivity index (χ4n) is 5.81. The molecule has 4 aliphatic carbocycles. The van der Waals surface area contributed by atoms with Gasteiger partial charge in [-0.15, -0.1) is 0 Å². The maximum absolute atomic E-state index is 12.4. The molecule has 1 atom stereocenters. The topological polar surface area (TPSA) is 76.0 Å². The van der Waals surface area contributed by atoms with Gasteiger partial charge in [-0.2, -0.15) is 5.10 Å². The van der Waals surface area contributed by atoms with Crippen molar-refractivity contribution in [2.24, 2.45) is 17.8 Å². The zero-order valence-electron chi connectivity index (χ0n) is 14.9. The van der Waals surface area contributed by atoms with E-state index in [2.05, 4.69) is 15.7 Å². The molecule has 4 saturated carbocycles. The van der Waals surface area contributed by atoms with E-state index in [1.807, 2.05) is 19.2 Å². The number of carbonyl (C=O) groups excluding carboxylic acids is 2. The van der Waals surface area contributed by atoms with E-state index in [0.29, 0.717) is 6.54 Å². The lowest BCUT2D eigenvalue weighted by Gasteiger charge is -2.56. The predicted octanol–water partition coefficient (Wildman–Crippen LogP) is 1.86. The number of nitrogens with one attached hydrogen (secondary N) is 2. The smallest absolute Gasteiger partial charge is 0.229 e. The summed E-state index contributed by atoms with van der Waals surface area (Å²) in [6.07, 6.45) is 10.9. The molecule has 6 heteroatoms. The van der Waals surface area contributed by atoms with Crippen LogP contribution in [0.5, 0.6) is 0 Å². The minimum absolute atomic E-state index is 0.0210. The molecule has 0 saturated heterocycles. The van der Waals surface area contributed by atoms with Crippen molar-refractivity contribution in [1.82, 2.24) is 20.4 Å². The van der Waals surface area contributed by atoms with E-state index in [9.17, 15) is 9.59 Å². The second-order valence-corrected chi connectivity index (χ2v) is 8.62. The van der Waals surface area contributed by atoms with Crippen LogP contribution in [0.1, 0.15) is 51.9 Å². The number of hydrogen-bond acceptors (Lipinski definition) is 3. The summed E-state index contributed by atoms with van der Waals surface area (Å²) in [6, 6.07) is 1.80. The highest BCUT2D eigenvalue weighted by atomic mass is 16.2. The van der Waals surface area contributed by atoms with Crippen LogP contribution in [0.3, 0.4) is 0 Å². The molecule has 2 N–H and O–H groups in total. The van der Waals surface area contributed by atoms with E-state index in [1.165, 1.54) is 19.3 Å². The van der Waals surface area contributed by atoms with Crippen molar-refractivity contribution in [2.75, 3.05) is 0 Å². The van der Waals surface area contributed by atoms with Crippen molar-refractivity contribution in [3.8, 4) is 0 Å². The standard InChI is InChI=1S/C19H28N4O2/c1-13(12-23-4-2-3-20-23)21-17(24)8-18(25)22-19-9-14-5-15(10-19)7-16(6-14)11-19/h2-4,13-16H,5-12H2,1H3,(H,21,24)(H,22,25)/t13-,14?,15?,16?,19?/m0/s1. The van der Waals surface area contributed by atoms with Gasteiger partial charge in [-0.05, 0) is 69.3 Å². The van der Waals surface area contributed by atoms with E-state index >= 15 is 0 Å². The molecule has 1 heterocycles. The molecular weight excluding hydrogens is 316 g/mol. The monoisotopic (exact) mass is 344 g/mol. The van der Waals surface area contributed by atoms with Crippen LogP contribution in [0.4, 0.5) is 0 Å². The Morgan fingerprint density at radius 1 is 1.16 bits per heavy atom. The summed E-state index contributed by atoms with van der Waals surface area (Å²) in [5.74, 6) is 2.03. The van der Waals surface area contributed by atoms with Crippen molar-refractivity contribution in [3.05, 3.63) is 18.5 Å². The highest BCUT2D eigenvalue weighted by Gasteiger charge is 2.51. The number of amides is 2. The SMILES string of the molecule is C[C@@H](Cn1cccn1)NC(=O)CC(=O)NC12CC3CC(CC(C3)C1)C2. The Bertz CT molecular complexity index is 605. The summed E-state index contributed by atoms with van der Waals surface area (Å²) >= 11 is 0. The van der Waals surface area contributed by atoms with Crippen molar-refractivity contribution in [2.45, 2.75) is 70.0 Å². The van der Waals surface area contributed by atoms with E-state index in [-0.39, 0.29) is 29.8 Å². The summed E-state index contributed by atoms with van der Waals surface area (Å²) in [5, 5.41) is 10.3. The van der Waals surface area contributed by atoms with Gasteiger partial charge in [-0.25, -0.2) is 0 Å². The Balaban J connectivity index is 1.26. The van der Waals surface area contributed by atoms with Crippen LogP contribution in [0.15, 0.2) is 18.5 Å². The number of carbonyl (C=O) groups is 2. The lowest BCUT2D eigenvalue weighted by molar-refractivity contribution is -0.132. The Morgan fingerprint density at radius 2 is 1.80 bits per heavy atom. The van der Waals surface area contributed by atoms with Gasteiger partial charge in [0.05, 0.1) is 6.54 Å². The first-order valence-corrected chi connectivity index (χ1v) is 9.57. The zero-order chi connectivity index (χ0) is 17.4. The molecule has 0 radical (unpaired) electrons. The van der Waals surface area contributed by atoms with Gasteiger partial charge in [0.2, 0.25) is 11.8 Å². The minimum Gasteiger partial charge on any atom is -0.351 e. The van der Waals surface area contributed by atoms with Gasteiger partial charge >= 0.3 is 0 Å². The van der Waals surface area contributed by atoms with E-state index in [1.54, 1.807) is 10.9 Å². The largest absolute Gasteiger partial charge is 0.351 e. The first kappa shape index (κ1) is 16.6. The van der Waals surface area contributed by atoms with Gasteiger partial charge in [0.25, 0.3) is 0 Å². The molecular formula is C19H28N4O2. The second-order valence-electron chi connectivity index (χ2n) is 8.62. The summed E-state index contributed by atoms with van der Waals surface area (Å²) in [5.41, 5.74) is -0.0210. The van der Waals surface area contributed by atoms with E-state index in [0.717, 1.165) is 37.0 Å². The molecule has 0 unspecified atom stereocenters. The van der Waals surface area contributed by atoms with Gasteiger partial charge in [0, 0.05) is 24.0 Å². The lowest BCUT2D eigenvalue weighted by Crippen LogP contribution is -2.60. The molecule has 4 bridgehead atoms. The fraction of sp³-hybridized carbons (Fsp3) is 0.737. The molecule has 6 nitrogen and oxygen atoms in total. The van der Waals surface area contributed by atoms with Crippen molar-refractivity contribution in [1.29, 1.82) is 0 Å². The molecule has 0 spiro atoms. The second kappa shape index (κ2) is 6.46. The Labute approximate surface area is 148 Å². The average molecular weight is 344 g/mol. The van der Waals surface area contributed by atoms with Gasteiger partial charge in [0.1, 0.15) is 6.42 Å². The third-order valence-electron chi connectivity index (χ3n) is 6.19. The maximum Gasteiger partial charge on any atom is 0.229 e. The normalized spacial score (nSPS) is 33.9. The summed E-state index contributed by atoms with van der Waals surface area (Å²) < 4.78 is 1.78. The highest BCUT2D eigenvalue weighted by molar-refractivity contribution is 5.97. The van der Waals surface area contributed by atoms with E-state index in [4.69, 9.17) is 0 Å². The van der Waals surface area contributed by atoms with Crippen LogP contribution in [0, 0.1) is 17.8 Å². The van der Waals surface area contributed by atoms with Crippen LogP contribution >= 0.6 is 0 Å². The van der Waals surface area contributed by atoms with Gasteiger partial charge in [-0.1, -0.05) is 0 Å². The van der Waals surface area contributed by atoms with Gasteiger partial charge < -0.3 is 10.6 Å². The van der Waals surface area contributed by atoms with Gasteiger partial charge in [-0.3, -0.25) is 14.3 Å². The van der Waals surface area contributed by atoms with Crippen LogP contribution in [-0.4, -0.2) is 33.2 Å². The molecule has 0 aliphatic heterocycles. The first-order chi connectivity index (χ1) is 12.0. The van der Waals surface area contributed by atoms with Crippen molar-refractivity contribution >= 4 is 11.8 Å². The molecule has 1 aromatic rings. The maximum atomic E-state index is 12.4. The third kappa shape index (κ3) is 3.72. The quantitative estimate of drug-likeness (QED) is 0.774. The zero-order valence-corrected chi connectivity index (χ0v) is 14.9. The summed E-state index contributed by atoms with van der Waals surface area (Å²) in [6.45, 7) is 2.53. The van der Waals surface area contributed by atoms with Crippen molar-refractivity contribution < 1.29 is 9.59 Å². The average Bonchev–Trinajstić information content (AvgIpc) is 2.97. The molecule has 25 heavy (non-hydrogen) atoms. The highest BCUT2D eigenvalue weighted by Crippen LogP contribution is 2.55. The van der Waals surface area contributed by atoms with Crippen LogP contribution in [-0.2, 0) is 16.1 Å². The minimum atomic E-state index is -0.207. The summed E-state index contributed by atoms with van der Waals surface area (Å²) in [4.78, 5) is 24.6. The molecule has 1 aromatic heterocycles. The van der Waals surface area contributed by atoms with Crippen LogP contribution < -0.4 is 10.6 Å². The Morgan fingerprint density at radius 3 is 2.36 bits per heavy atom.